The lowest BCUT2D eigenvalue weighted by molar-refractivity contribution is 0.344. The maximum atomic E-state index is 11.5. The summed E-state index contributed by atoms with van der Waals surface area (Å²) < 4.78 is 6.27. The van der Waals surface area contributed by atoms with Gasteiger partial charge < -0.3 is 29.4 Å². The third-order valence-electron chi connectivity index (χ3n) is 8.35. The van der Waals surface area contributed by atoms with Crippen LogP contribution in [0, 0.1) is 12.3 Å². The fourth-order valence-corrected chi connectivity index (χ4v) is 6.45. The predicted octanol–water partition coefficient (Wildman–Crippen LogP) is 5.52. The normalized spacial score (nSPS) is 17.8. The van der Waals surface area contributed by atoms with Crippen LogP contribution in [0.25, 0.3) is 0 Å². The summed E-state index contributed by atoms with van der Waals surface area (Å²) in [5.74, 6) is 3.83. The molecule has 41 heavy (non-hydrogen) atoms. The lowest BCUT2D eigenvalue weighted by Crippen LogP contribution is -2.33. The molecule has 0 radical (unpaired) electrons. The van der Waals surface area contributed by atoms with E-state index < -0.39 is 0 Å². The molecule has 0 atom stereocenters. The van der Waals surface area contributed by atoms with Crippen LogP contribution in [-0.2, 0) is 37.0 Å². The van der Waals surface area contributed by atoms with Crippen LogP contribution in [0.3, 0.4) is 0 Å². The molecule has 8 bridgehead atoms. The maximum absolute atomic E-state index is 11.5. The second-order valence-electron chi connectivity index (χ2n) is 13.5. The zero-order chi connectivity index (χ0) is 29.7. The summed E-state index contributed by atoms with van der Waals surface area (Å²) in [5.41, 5.74) is 6.31. The molecule has 3 heterocycles. The molecule has 0 aliphatic carbocycles. The maximum Gasteiger partial charge on any atom is 0.172 e. The Balaban J connectivity index is 1.63. The van der Waals surface area contributed by atoms with Gasteiger partial charge in [-0.1, -0.05) is 47.5 Å². The third-order valence-corrected chi connectivity index (χ3v) is 9.38. The largest absolute Gasteiger partial charge is 0.507 e. The summed E-state index contributed by atoms with van der Waals surface area (Å²) in [6.45, 7) is 19.1. The molecule has 0 aromatic heterocycles. The minimum Gasteiger partial charge on any atom is -0.507 e. The minimum atomic E-state index is -0.0601. The smallest absolute Gasteiger partial charge is 0.172 e. The molecule has 3 aliphatic heterocycles. The molecule has 2 saturated heterocycles. The quantitative estimate of drug-likeness (QED) is 0.363. The minimum absolute atomic E-state index is 0.0465. The van der Waals surface area contributed by atoms with Crippen LogP contribution < -0.4 is 4.74 Å². The molecular formula is C33H42N4O2S2. The van der Waals surface area contributed by atoms with Gasteiger partial charge in [0.25, 0.3) is 0 Å². The number of thiocarbonyl (C=S) groups is 2. The van der Waals surface area contributed by atoms with Gasteiger partial charge in [0.05, 0.1) is 0 Å². The van der Waals surface area contributed by atoms with E-state index in [1.54, 1.807) is 0 Å². The van der Waals surface area contributed by atoms with E-state index >= 15 is 0 Å². The average molecular weight is 591 g/mol. The van der Waals surface area contributed by atoms with Gasteiger partial charge in [0.15, 0.2) is 10.2 Å². The fourth-order valence-electron chi connectivity index (χ4n) is 5.83. The molecule has 3 aliphatic rings. The van der Waals surface area contributed by atoms with Gasteiger partial charge >= 0.3 is 0 Å². The van der Waals surface area contributed by atoms with Crippen molar-refractivity contribution in [1.29, 1.82) is 0 Å². The number of hydrogen-bond acceptors (Lipinski definition) is 4. The van der Waals surface area contributed by atoms with E-state index in [1.807, 2.05) is 0 Å². The van der Waals surface area contributed by atoms with Crippen molar-refractivity contribution in [3.63, 3.8) is 0 Å². The van der Waals surface area contributed by atoms with Crippen LogP contribution in [0.4, 0.5) is 0 Å². The van der Waals surface area contributed by atoms with E-state index in [9.17, 15) is 5.11 Å². The van der Waals surface area contributed by atoms with Gasteiger partial charge in [0.2, 0.25) is 0 Å². The Kier molecular flexibility index (Phi) is 7.90. The lowest BCUT2D eigenvalue weighted by atomic mass is 9.84. The molecule has 2 aromatic rings. The number of benzene rings is 2. The van der Waals surface area contributed by atoms with Gasteiger partial charge in [-0.05, 0) is 70.7 Å². The Bertz CT molecular complexity index is 1340. The predicted molar refractivity (Wildman–Crippen MR) is 173 cm³/mol. The highest BCUT2D eigenvalue weighted by molar-refractivity contribution is 7.80. The first-order chi connectivity index (χ1) is 19.3. The van der Waals surface area contributed by atoms with E-state index in [1.165, 1.54) is 11.1 Å². The highest BCUT2D eigenvalue weighted by atomic mass is 32.1. The topological polar surface area (TPSA) is 42.4 Å². The van der Waals surface area contributed by atoms with E-state index in [4.69, 9.17) is 35.6 Å². The first-order valence-corrected chi connectivity index (χ1v) is 15.2. The first-order valence-electron chi connectivity index (χ1n) is 14.4. The number of ether oxygens (including phenoxy) is 1. The fraction of sp³-hybridized carbons (Fsp3) is 0.515. The molecular weight excluding hydrogens is 549 g/mol. The molecule has 0 spiro atoms. The number of fused-ring (bicyclic) bond motifs is 8. The number of phenolic OH excluding ortho intramolecular Hbond substituents is 1. The molecule has 2 fully saturated rings. The SMILES string of the molecule is C#CCOc1c2cc(C(C)(C)C)cc1CN1CCN(Cc3cc(C(C)(C)C)cc(c3O)CN3CCN(C2)C3=S)C1=S. The van der Waals surface area contributed by atoms with Crippen LogP contribution in [-0.4, -0.2) is 67.7 Å². The van der Waals surface area contributed by atoms with Crippen LogP contribution in [0.15, 0.2) is 24.3 Å². The van der Waals surface area contributed by atoms with Crippen molar-refractivity contribution in [2.45, 2.75) is 78.6 Å². The Morgan fingerprint density at radius 3 is 1.39 bits per heavy atom. The number of aromatic hydroxyl groups is 1. The van der Waals surface area contributed by atoms with Gasteiger partial charge in [0.1, 0.15) is 18.1 Å². The molecule has 218 valence electrons. The van der Waals surface area contributed by atoms with Crippen molar-refractivity contribution in [3.05, 3.63) is 57.6 Å². The molecule has 0 unspecified atom stereocenters. The molecule has 1 N–H and O–H groups in total. The lowest BCUT2D eigenvalue weighted by Gasteiger charge is -2.30. The van der Waals surface area contributed by atoms with E-state index in [-0.39, 0.29) is 17.4 Å². The summed E-state index contributed by atoms with van der Waals surface area (Å²) in [6.07, 6.45) is 5.65. The van der Waals surface area contributed by atoms with Crippen LogP contribution in [0.5, 0.6) is 11.5 Å². The Hall–Kier alpha value is -3.02. The van der Waals surface area contributed by atoms with Crippen molar-refractivity contribution in [2.24, 2.45) is 0 Å². The second kappa shape index (κ2) is 11.0. The molecule has 2 aromatic carbocycles. The van der Waals surface area contributed by atoms with Crippen LogP contribution in [0.2, 0.25) is 0 Å². The number of nitrogens with zero attached hydrogens (tertiary/aromatic N) is 4. The Morgan fingerprint density at radius 1 is 0.707 bits per heavy atom. The number of terminal acetylenes is 1. The highest BCUT2D eigenvalue weighted by Crippen LogP contribution is 2.37. The van der Waals surface area contributed by atoms with Crippen LogP contribution in [0.1, 0.15) is 74.9 Å². The zero-order valence-corrected chi connectivity index (χ0v) is 26.8. The number of phenols is 1. The Morgan fingerprint density at radius 2 is 1.05 bits per heavy atom. The Labute approximate surface area is 256 Å². The summed E-state index contributed by atoms with van der Waals surface area (Å²) >= 11 is 12.1. The van der Waals surface area contributed by atoms with Crippen LogP contribution >= 0.6 is 24.4 Å². The molecule has 0 saturated carbocycles. The monoisotopic (exact) mass is 590 g/mol. The summed E-state index contributed by atoms with van der Waals surface area (Å²) in [7, 11) is 0. The molecule has 6 nitrogen and oxygen atoms in total. The van der Waals surface area contributed by atoms with Gasteiger partial charge in [-0.2, -0.15) is 0 Å². The molecule has 5 rings (SSSR count). The number of hydrogen-bond donors (Lipinski definition) is 1. The van der Waals surface area contributed by atoms with Gasteiger partial charge in [-0.15, -0.1) is 6.42 Å². The van der Waals surface area contributed by atoms with E-state index in [2.05, 4.69) is 91.3 Å². The molecule has 8 heteroatoms. The summed E-state index contributed by atoms with van der Waals surface area (Å²) in [5, 5.41) is 13.1. The summed E-state index contributed by atoms with van der Waals surface area (Å²) in [6, 6.07) is 8.80. The standard InChI is InChI=1S/C33H42N4O2S2/c1-8-13-39-29-24-16-27(33(5,6)7)17-25(29)21-37-12-10-35(31(37)41)19-23-15-26(32(2,3)4)14-22(28(23)38)18-34-9-11-36(20-24)30(34)40/h1,14-17,38H,9-13,18-21H2,2-7H3. The van der Waals surface area contributed by atoms with Gasteiger partial charge in [-0.25, -0.2) is 0 Å². The van der Waals surface area contributed by atoms with E-state index in [0.717, 1.165) is 64.4 Å². The van der Waals surface area contributed by atoms with Gasteiger partial charge in [-0.3, -0.25) is 0 Å². The number of rotatable bonds is 2. The zero-order valence-electron chi connectivity index (χ0n) is 25.2. The van der Waals surface area contributed by atoms with Crippen molar-refractivity contribution < 1.29 is 9.84 Å². The molecule has 0 amide bonds. The third kappa shape index (κ3) is 5.98. The summed E-state index contributed by atoms with van der Waals surface area (Å²) in [4.78, 5) is 8.88. The average Bonchev–Trinajstić information content (AvgIpc) is 3.40. The van der Waals surface area contributed by atoms with Crippen molar-refractivity contribution >= 4 is 34.7 Å². The van der Waals surface area contributed by atoms with Crippen molar-refractivity contribution in [3.8, 4) is 23.8 Å². The van der Waals surface area contributed by atoms with Crippen molar-refractivity contribution in [1.82, 2.24) is 19.6 Å². The first kappa shape index (κ1) is 29.5. The van der Waals surface area contributed by atoms with Crippen molar-refractivity contribution in [2.75, 3.05) is 32.8 Å². The second-order valence-corrected chi connectivity index (χ2v) is 14.2. The highest BCUT2D eigenvalue weighted by Gasteiger charge is 2.32. The van der Waals surface area contributed by atoms with E-state index in [0.29, 0.717) is 31.9 Å². The van der Waals surface area contributed by atoms with Gasteiger partial charge in [0, 0.05) is 74.6 Å².